The zero-order valence-corrected chi connectivity index (χ0v) is 11.1. The van der Waals surface area contributed by atoms with Gasteiger partial charge in [-0.3, -0.25) is 9.69 Å². The number of nitrogens with zero attached hydrogens (tertiary/aromatic N) is 1. The van der Waals surface area contributed by atoms with Crippen LogP contribution in [0.15, 0.2) is 0 Å². The third-order valence-corrected chi connectivity index (χ3v) is 4.48. The summed E-state index contributed by atoms with van der Waals surface area (Å²) in [7, 11) is -3.01. The van der Waals surface area contributed by atoms with Crippen molar-refractivity contribution in [3.05, 3.63) is 0 Å². The van der Waals surface area contributed by atoms with Crippen molar-refractivity contribution >= 4 is 21.7 Å². The molecule has 7 nitrogen and oxygen atoms in total. The van der Waals surface area contributed by atoms with Crippen LogP contribution in [0.3, 0.4) is 0 Å². The average molecular weight is 278 g/mol. The highest BCUT2D eigenvalue weighted by Crippen LogP contribution is 2.05. The fourth-order valence-electron chi connectivity index (χ4n) is 1.86. The second-order valence-corrected chi connectivity index (χ2v) is 6.70. The minimum Gasteiger partial charge on any atom is -0.480 e. The number of sulfone groups is 1. The van der Waals surface area contributed by atoms with E-state index < -0.39 is 27.8 Å². The van der Waals surface area contributed by atoms with Crippen LogP contribution in [0.4, 0.5) is 0 Å². The fraction of sp³-hybridized carbons (Fsp3) is 0.800. The Labute approximate surface area is 106 Å². The van der Waals surface area contributed by atoms with E-state index in [-0.39, 0.29) is 18.1 Å². The lowest BCUT2D eigenvalue weighted by Gasteiger charge is -2.23. The van der Waals surface area contributed by atoms with Gasteiger partial charge in [0.15, 0.2) is 9.84 Å². The average Bonchev–Trinajstić information content (AvgIpc) is 2.38. The van der Waals surface area contributed by atoms with Crippen molar-refractivity contribution in [1.29, 1.82) is 0 Å². The van der Waals surface area contributed by atoms with Crippen LogP contribution in [-0.2, 0) is 19.4 Å². The topological polar surface area (TPSA) is 104 Å². The van der Waals surface area contributed by atoms with E-state index in [0.717, 1.165) is 0 Å². The van der Waals surface area contributed by atoms with Crippen LogP contribution in [0.5, 0.6) is 0 Å². The second kappa shape index (κ2) is 6.14. The van der Waals surface area contributed by atoms with Crippen LogP contribution >= 0.6 is 0 Å². The molecule has 0 aromatic rings. The Bertz CT molecular complexity index is 420. The smallest absolute Gasteiger partial charge is 0.327 e. The first-order chi connectivity index (χ1) is 8.30. The van der Waals surface area contributed by atoms with Gasteiger partial charge in [-0.1, -0.05) is 0 Å². The molecule has 1 amide bonds. The summed E-state index contributed by atoms with van der Waals surface area (Å²) in [5.74, 6) is -1.34. The molecule has 0 bridgehead atoms. The van der Waals surface area contributed by atoms with Gasteiger partial charge in [0.25, 0.3) is 0 Å². The van der Waals surface area contributed by atoms with Crippen molar-refractivity contribution in [2.24, 2.45) is 0 Å². The molecule has 0 aromatic heterocycles. The summed E-state index contributed by atoms with van der Waals surface area (Å²) >= 11 is 0. The molecule has 1 saturated heterocycles. The van der Waals surface area contributed by atoms with Crippen LogP contribution in [0.25, 0.3) is 0 Å². The van der Waals surface area contributed by atoms with Gasteiger partial charge in [0, 0.05) is 20.0 Å². The maximum Gasteiger partial charge on any atom is 0.327 e. The largest absolute Gasteiger partial charge is 0.480 e. The van der Waals surface area contributed by atoms with Gasteiger partial charge in [-0.05, 0) is 13.0 Å². The molecule has 1 aliphatic rings. The van der Waals surface area contributed by atoms with Gasteiger partial charge in [0.05, 0.1) is 11.5 Å². The van der Waals surface area contributed by atoms with Crippen LogP contribution in [-0.4, -0.2) is 67.5 Å². The molecule has 0 aromatic carbocycles. The van der Waals surface area contributed by atoms with Crippen LogP contribution in [0.2, 0.25) is 0 Å². The number of carbonyl (C=O) groups excluding carboxylic acids is 1. The summed E-state index contributed by atoms with van der Waals surface area (Å²) in [5.41, 5.74) is 0. The van der Waals surface area contributed by atoms with E-state index in [2.05, 4.69) is 5.32 Å². The summed E-state index contributed by atoms with van der Waals surface area (Å²) in [6, 6.07) is -0.997. The Hall–Kier alpha value is -1.15. The van der Waals surface area contributed by atoms with E-state index >= 15 is 0 Å². The van der Waals surface area contributed by atoms with E-state index in [1.54, 1.807) is 4.90 Å². The molecule has 1 heterocycles. The molecular weight excluding hydrogens is 260 g/mol. The van der Waals surface area contributed by atoms with Gasteiger partial charge >= 0.3 is 5.97 Å². The second-order valence-electron chi connectivity index (χ2n) is 4.40. The Morgan fingerprint density at radius 1 is 1.33 bits per heavy atom. The number of hydrogen-bond donors (Lipinski definition) is 2. The molecular formula is C10H18N2O5S. The molecule has 1 rings (SSSR count). The van der Waals surface area contributed by atoms with Crippen molar-refractivity contribution in [2.45, 2.75) is 19.4 Å². The minimum atomic E-state index is -3.01. The molecule has 18 heavy (non-hydrogen) atoms. The van der Waals surface area contributed by atoms with Gasteiger partial charge in [0.1, 0.15) is 6.04 Å². The quantitative estimate of drug-likeness (QED) is 0.662. The Balaban J connectivity index is 2.59. The van der Waals surface area contributed by atoms with Gasteiger partial charge in [-0.15, -0.1) is 0 Å². The van der Waals surface area contributed by atoms with Crippen molar-refractivity contribution in [2.75, 3.05) is 31.1 Å². The molecule has 1 unspecified atom stereocenters. The number of carbonyl (C=O) groups is 2. The Kier molecular flexibility index (Phi) is 5.09. The zero-order chi connectivity index (χ0) is 13.8. The maximum absolute atomic E-state index is 11.4. The lowest BCUT2D eigenvalue weighted by atomic mass is 10.2. The van der Waals surface area contributed by atoms with E-state index in [0.29, 0.717) is 19.5 Å². The number of nitrogens with one attached hydrogen (secondary N) is 1. The highest BCUT2D eigenvalue weighted by atomic mass is 32.2. The predicted octanol–water partition coefficient (Wildman–Crippen LogP) is -1.30. The van der Waals surface area contributed by atoms with Crippen molar-refractivity contribution in [1.82, 2.24) is 10.2 Å². The van der Waals surface area contributed by atoms with Gasteiger partial charge in [-0.25, -0.2) is 13.2 Å². The lowest BCUT2D eigenvalue weighted by Crippen LogP contribution is -2.48. The first kappa shape index (κ1) is 14.9. The standard InChI is InChI=1S/C10H18N2O5S/c1-8(13)11-9(10(14)15)7-12-3-2-5-18(16,17)6-4-12/h9H,2-7H2,1H3,(H,11,13)(H,14,15). The highest BCUT2D eigenvalue weighted by Gasteiger charge is 2.25. The Morgan fingerprint density at radius 3 is 2.56 bits per heavy atom. The molecule has 0 radical (unpaired) electrons. The van der Waals surface area contributed by atoms with Crippen LogP contribution < -0.4 is 5.32 Å². The normalized spacial score (nSPS) is 21.8. The monoisotopic (exact) mass is 278 g/mol. The molecule has 0 saturated carbocycles. The number of rotatable bonds is 4. The summed E-state index contributed by atoms with van der Waals surface area (Å²) < 4.78 is 22.8. The number of hydrogen-bond acceptors (Lipinski definition) is 5. The van der Waals surface area contributed by atoms with Crippen LogP contribution in [0.1, 0.15) is 13.3 Å². The predicted molar refractivity (Wildman–Crippen MR) is 65.0 cm³/mol. The SMILES string of the molecule is CC(=O)NC(CN1CCCS(=O)(=O)CC1)C(=O)O. The van der Waals surface area contributed by atoms with Crippen LogP contribution in [0, 0.1) is 0 Å². The third-order valence-electron chi connectivity index (χ3n) is 2.76. The van der Waals surface area contributed by atoms with E-state index in [9.17, 15) is 18.0 Å². The first-order valence-electron chi connectivity index (χ1n) is 5.73. The summed E-state index contributed by atoms with van der Waals surface area (Å²) in [6.07, 6.45) is 0.495. The summed E-state index contributed by atoms with van der Waals surface area (Å²) in [4.78, 5) is 23.6. The molecule has 0 aliphatic carbocycles. The number of amides is 1. The molecule has 0 spiro atoms. The molecule has 2 N–H and O–H groups in total. The minimum absolute atomic E-state index is 0.0411. The number of aliphatic carboxylic acids is 1. The highest BCUT2D eigenvalue weighted by molar-refractivity contribution is 7.91. The van der Waals surface area contributed by atoms with Crippen molar-refractivity contribution in [3.8, 4) is 0 Å². The van der Waals surface area contributed by atoms with E-state index in [1.165, 1.54) is 6.92 Å². The summed E-state index contributed by atoms with van der Waals surface area (Å²) in [6.45, 7) is 2.22. The van der Waals surface area contributed by atoms with E-state index in [1.807, 2.05) is 0 Å². The van der Waals surface area contributed by atoms with Gasteiger partial charge in [0.2, 0.25) is 5.91 Å². The van der Waals surface area contributed by atoms with E-state index in [4.69, 9.17) is 5.11 Å². The molecule has 1 atom stereocenters. The van der Waals surface area contributed by atoms with Crippen molar-refractivity contribution in [3.63, 3.8) is 0 Å². The molecule has 1 aliphatic heterocycles. The first-order valence-corrected chi connectivity index (χ1v) is 7.55. The van der Waals surface area contributed by atoms with Gasteiger partial charge < -0.3 is 10.4 Å². The van der Waals surface area contributed by atoms with Crippen molar-refractivity contribution < 1.29 is 23.1 Å². The number of carboxylic acid groups (broad SMARTS) is 1. The van der Waals surface area contributed by atoms with Gasteiger partial charge in [-0.2, -0.15) is 0 Å². The fourth-order valence-corrected chi connectivity index (χ4v) is 3.17. The molecule has 104 valence electrons. The number of carboxylic acids is 1. The zero-order valence-electron chi connectivity index (χ0n) is 10.3. The lowest BCUT2D eigenvalue weighted by molar-refractivity contribution is -0.142. The molecule has 1 fully saturated rings. The summed E-state index contributed by atoms with van der Waals surface area (Å²) in [5, 5.41) is 11.3. The maximum atomic E-state index is 11.4. The molecule has 8 heteroatoms. The Morgan fingerprint density at radius 2 is 2.00 bits per heavy atom. The third kappa shape index (κ3) is 5.01.